The Morgan fingerprint density at radius 2 is 2.00 bits per heavy atom. The number of amides is 2. The third-order valence-corrected chi connectivity index (χ3v) is 6.65. The van der Waals surface area contributed by atoms with E-state index in [1.165, 1.54) is 0 Å². The Labute approximate surface area is 164 Å². The number of anilines is 1. The largest absolute Gasteiger partial charge is 0.362 e. The van der Waals surface area contributed by atoms with Gasteiger partial charge in [0.05, 0.1) is 17.8 Å². The van der Waals surface area contributed by atoms with Crippen LogP contribution < -0.4 is 16.0 Å². The molecule has 144 valence electrons. The van der Waals surface area contributed by atoms with Gasteiger partial charge in [0.15, 0.2) is 0 Å². The summed E-state index contributed by atoms with van der Waals surface area (Å²) >= 11 is 0. The van der Waals surface area contributed by atoms with Crippen LogP contribution in [0.4, 0.5) is 5.69 Å². The lowest BCUT2D eigenvalue weighted by molar-refractivity contribution is -0.132. The molecular weight excluding hydrogens is 352 g/mol. The van der Waals surface area contributed by atoms with E-state index in [4.69, 9.17) is 0 Å². The van der Waals surface area contributed by atoms with E-state index in [9.17, 15) is 9.59 Å². The monoisotopic (exact) mass is 376 g/mol. The number of para-hydroxylation sites is 1. The Hall–Kier alpha value is -2.89. The molecule has 3 aliphatic carbocycles. The van der Waals surface area contributed by atoms with Gasteiger partial charge in [-0.05, 0) is 55.9 Å². The van der Waals surface area contributed by atoms with Gasteiger partial charge in [-0.2, -0.15) is 0 Å². The molecule has 1 spiro atoms. The van der Waals surface area contributed by atoms with E-state index in [0.29, 0.717) is 12.1 Å². The number of nitrogens with zero attached hydrogens (tertiary/aromatic N) is 1. The van der Waals surface area contributed by atoms with Crippen molar-refractivity contribution in [1.29, 1.82) is 0 Å². The number of aromatic nitrogens is 1. The quantitative estimate of drug-likeness (QED) is 0.769. The topological polar surface area (TPSA) is 83.1 Å². The molecule has 1 aromatic heterocycles. The molecule has 6 nitrogen and oxygen atoms in total. The minimum absolute atomic E-state index is 0.00367. The zero-order valence-electron chi connectivity index (χ0n) is 15.7. The van der Waals surface area contributed by atoms with Crippen LogP contribution in [0.15, 0.2) is 48.7 Å². The molecule has 4 atom stereocenters. The summed E-state index contributed by atoms with van der Waals surface area (Å²) in [4.78, 5) is 29.8. The molecule has 0 radical (unpaired) electrons. The van der Waals surface area contributed by atoms with Crippen LogP contribution in [0.5, 0.6) is 0 Å². The van der Waals surface area contributed by atoms with Gasteiger partial charge >= 0.3 is 0 Å². The van der Waals surface area contributed by atoms with Crippen LogP contribution in [0.2, 0.25) is 0 Å². The number of hydrogen-bond acceptors (Lipinski definition) is 4. The van der Waals surface area contributed by atoms with Crippen molar-refractivity contribution in [3.8, 4) is 0 Å². The van der Waals surface area contributed by atoms with Crippen molar-refractivity contribution in [3.05, 3.63) is 59.9 Å². The summed E-state index contributed by atoms with van der Waals surface area (Å²) in [5.74, 6) is 0.618. The number of rotatable bonds is 3. The van der Waals surface area contributed by atoms with E-state index in [-0.39, 0.29) is 29.6 Å². The van der Waals surface area contributed by atoms with Gasteiger partial charge in [0, 0.05) is 23.7 Å². The molecule has 2 heterocycles. The highest BCUT2D eigenvalue weighted by Gasteiger charge is 2.55. The molecule has 1 aromatic carbocycles. The summed E-state index contributed by atoms with van der Waals surface area (Å²) in [6, 6.07) is 13.4. The molecule has 4 aliphatic rings. The lowest BCUT2D eigenvalue weighted by Gasteiger charge is -2.56. The number of hydrogen-bond donors (Lipinski definition) is 3. The summed E-state index contributed by atoms with van der Waals surface area (Å²) in [5, 5.41) is 9.92. The molecule has 6 heteroatoms. The minimum Gasteiger partial charge on any atom is -0.362 e. The van der Waals surface area contributed by atoms with Gasteiger partial charge in [-0.25, -0.2) is 0 Å². The Kier molecular flexibility index (Phi) is 4.07. The standard InChI is InChI=1S/C22H24N4O2/c27-20(24-13-16-5-3-4-10-23-16)18-11-15-9-8-14(18)12-22(15)25-19-7-2-1-6-17(19)21(28)26-22/h1-7,10,14-15,18,25H,8-9,11-13H2,(H,24,27)(H,26,28)/t14?,15?,18?,22-/m1/s1. The fraction of sp³-hybridized carbons (Fsp3) is 0.409. The number of carbonyl (C=O) groups is 2. The normalized spacial score (nSPS) is 30.3. The van der Waals surface area contributed by atoms with Crippen molar-refractivity contribution in [2.24, 2.45) is 17.8 Å². The van der Waals surface area contributed by atoms with Gasteiger partial charge in [-0.3, -0.25) is 14.6 Å². The van der Waals surface area contributed by atoms with E-state index in [0.717, 1.165) is 37.1 Å². The van der Waals surface area contributed by atoms with E-state index in [2.05, 4.69) is 20.9 Å². The summed E-state index contributed by atoms with van der Waals surface area (Å²) in [7, 11) is 0. The Bertz CT molecular complexity index is 916. The highest BCUT2D eigenvalue weighted by Crippen LogP contribution is 2.51. The number of benzene rings is 1. The van der Waals surface area contributed by atoms with E-state index < -0.39 is 5.66 Å². The van der Waals surface area contributed by atoms with Gasteiger partial charge in [0.2, 0.25) is 5.91 Å². The summed E-state index contributed by atoms with van der Waals surface area (Å²) in [5.41, 5.74) is 2.03. The average molecular weight is 376 g/mol. The summed E-state index contributed by atoms with van der Waals surface area (Å²) in [6.07, 6.45) is 5.40. The van der Waals surface area contributed by atoms with Crippen LogP contribution in [-0.4, -0.2) is 22.5 Å². The number of carbonyl (C=O) groups excluding carboxylic acids is 2. The average Bonchev–Trinajstić information content (AvgIpc) is 2.73. The maximum absolute atomic E-state index is 12.8. The maximum Gasteiger partial charge on any atom is 0.255 e. The lowest BCUT2D eigenvalue weighted by Crippen LogP contribution is -2.68. The third kappa shape index (κ3) is 2.84. The van der Waals surface area contributed by atoms with Gasteiger partial charge in [-0.1, -0.05) is 18.2 Å². The SMILES string of the molecule is O=C1N[C@@]2(CC3CCC2CC3C(=O)NCc2ccccn2)Nc2ccccc21. The van der Waals surface area contributed by atoms with Gasteiger partial charge in [0.25, 0.3) is 5.91 Å². The van der Waals surface area contributed by atoms with Crippen LogP contribution in [-0.2, 0) is 11.3 Å². The summed E-state index contributed by atoms with van der Waals surface area (Å²) < 4.78 is 0. The van der Waals surface area contributed by atoms with Gasteiger partial charge in [0.1, 0.15) is 5.66 Å². The Morgan fingerprint density at radius 1 is 1.14 bits per heavy atom. The van der Waals surface area contributed by atoms with Gasteiger partial charge in [-0.15, -0.1) is 0 Å². The fourth-order valence-corrected chi connectivity index (χ4v) is 5.28. The highest BCUT2D eigenvalue weighted by molar-refractivity contribution is 6.02. The van der Waals surface area contributed by atoms with Crippen molar-refractivity contribution in [2.45, 2.75) is 37.9 Å². The second kappa shape index (κ2) is 6.62. The van der Waals surface area contributed by atoms with Crippen molar-refractivity contribution < 1.29 is 9.59 Å². The van der Waals surface area contributed by atoms with E-state index in [1.807, 2.05) is 42.5 Å². The molecule has 28 heavy (non-hydrogen) atoms. The van der Waals surface area contributed by atoms with Crippen LogP contribution in [0.1, 0.15) is 41.7 Å². The smallest absolute Gasteiger partial charge is 0.255 e. The molecule has 2 bridgehead atoms. The second-order valence-electron chi connectivity index (χ2n) is 8.22. The number of nitrogens with one attached hydrogen (secondary N) is 3. The van der Waals surface area contributed by atoms with Crippen molar-refractivity contribution in [1.82, 2.24) is 15.6 Å². The van der Waals surface area contributed by atoms with Crippen LogP contribution in [0, 0.1) is 17.8 Å². The Morgan fingerprint density at radius 3 is 2.79 bits per heavy atom. The van der Waals surface area contributed by atoms with E-state index >= 15 is 0 Å². The van der Waals surface area contributed by atoms with Crippen LogP contribution in [0.3, 0.4) is 0 Å². The molecule has 3 saturated carbocycles. The predicted octanol–water partition coefficient (Wildman–Crippen LogP) is 2.69. The van der Waals surface area contributed by atoms with Crippen LogP contribution in [0.25, 0.3) is 0 Å². The second-order valence-corrected chi connectivity index (χ2v) is 8.22. The first-order valence-electron chi connectivity index (χ1n) is 10.0. The molecule has 6 rings (SSSR count). The molecule has 0 saturated heterocycles. The van der Waals surface area contributed by atoms with E-state index in [1.54, 1.807) is 6.20 Å². The first kappa shape index (κ1) is 17.2. The van der Waals surface area contributed by atoms with Crippen LogP contribution >= 0.6 is 0 Å². The Balaban J connectivity index is 1.30. The first-order valence-corrected chi connectivity index (χ1v) is 10.0. The maximum atomic E-state index is 12.8. The number of fused-ring (bicyclic) bond motifs is 3. The molecule has 3 N–H and O–H groups in total. The lowest BCUT2D eigenvalue weighted by atomic mass is 9.58. The zero-order chi connectivity index (χ0) is 19.1. The first-order chi connectivity index (χ1) is 13.6. The fourth-order valence-electron chi connectivity index (χ4n) is 5.28. The molecule has 2 aromatic rings. The van der Waals surface area contributed by atoms with Gasteiger partial charge < -0.3 is 16.0 Å². The molecular formula is C22H24N4O2. The molecule has 1 aliphatic heterocycles. The highest BCUT2D eigenvalue weighted by atomic mass is 16.2. The molecule has 3 unspecified atom stereocenters. The molecule has 3 fully saturated rings. The van der Waals surface area contributed by atoms with Crippen molar-refractivity contribution >= 4 is 17.5 Å². The zero-order valence-corrected chi connectivity index (χ0v) is 15.7. The number of pyridine rings is 1. The predicted molar refractivity (Wildman–Crippen MR) is 105 cm³/mol. The van der Waals surface area contributed by atoms with Crippen molar-refractivity contribution in [2.75, 3.05) is 5.32 Å². The summed E-state index contributed by atoms with van der Waals surface area (Å²) in [6.45, 7) is 0.459. The minimum atomic E-state index is -0.424. The molecule has 2 amide bonds. The van der Waals surface area contributed by atoms with Crippen molar-refractivity contribution in [3.63, 3.8) is 0 Å². The third-order valence-electron chi connectivity index (χ3n) is 6.65.